The summed E-state index contributed by atoms with van der Waals surface area (Å²) in [4.78, 5) is 11.8. The van der Waals surface area contributed by atoms with Crippen molar-refractivity contribution in [2.45, 2.75) is 52.6 Å². The second-order valence-corrected chi connectivity index (χ2v) is 5.12. The first-order valence-electron chi connectivity index (χ1n) is 7.69. The minimum absolute atomic E-state index is 0.295. The van der Waals surface area contributed by atoms with Crippen LogP contribution in [0.15, 0.2) is 23.0 Å². The molecular formula is C15H23N5O2. The van der Waals surface area contributed by atoms with Crippen LogP contribution in [0.2, 0.25) is 0 Å². The van der Waals surface area contributed by atoms with Crippen LogP contribution in [-0.4, -0.2) is 21.0 Å². The number of rotatable bonds is 7. The third kappa shape index (κ3) is 4.09. The number of anilines is 1. The quantitative estimate of drug-likeness (QED) is 0.823. The Morgan fingerprint density at radius 3 is 2.77 bits per heavy atom. The van der Waals surface area contributed by atoms with Gasteiger partial charge in [0.15, 0.2) is 5.76 Å². The fourth-order valence-corrected chi connectivity index (χ4v) is 2.26. The predicted molar refractivity (Wildman–Crippen MR) is 83.6 cm³/mol. The molecule has 0 saturated carbocycles. The molecule has 2 heterocycles. The fraction of sp³-hybridized carbons (Fsp3) is 0.533. The standard InChI is InChI=1S/C15H23N5O2/c1-4-11(5-2)14-7-13(22-19-14)9-16-15(21)18-12-8-17-20(6-3)10-12/h7-8,10-11H,4-6,9H2,1-3H3,(H2,16,18,21). The van der Waals surface area contributed by atoms with Gasteiger partial charge in [0.05, 0.1) is 24.1 Å². The van der Waals surface area contributed by atoms with Gasteiger partial charge in [-0.25, -0.2) is 4.79 Å². The van der Waals surface area contributed by atoms with Crippen molar-refractivity contribution < 1.29 is 9.32 Å². The number of hydrogen-bond acceptors (Lipinski definition) is 4. The largest absolute Gasteiger partial charge is 0.359 e. The molecule has 0 bridgehead atoms. The fourth-order valence-electron chi connectivity index (χ4n) is 2.26. The molecule has 2 N–H and O–H groups in total. The second-order valence-electron chi connectivity index (χ2n) is 5.12. The van der Waals surface area contributed by atoms with E-state index in [1.807, 2.05) is 13.0 Å². The van der Waals surface area contributed by atoms with Gasteiger partial charge in [0, 0.05) is 24.7 Å². The Balaban J connectivity index is 1.83. The van der Waals surface area contributed by atoms with Crippen LogP contribution in [0.3, 0.4) is 0 Å². The molecular weight excluding hydrogens is 282 g/mol. The number of nitrogens with one attached hydrogen (secondary N) is 2. The number of carbonyl (C=O) groups excluding carboxylic acids is 1. The van der Waals surface area contributed by atoms with Crippen molar-refractivity contribution in [1.82, 2.24) is 20.3 Å². The van der Waals surface area contributed by atoms with Gasteiger partial charge < -0.3 is 15.2 Å². The van der Waals surface area contributed by atoms with Crippen molar-refractivity contribution in [3.8, 4) is 0 Å². The highest BCUT2D eigenvalue weighted by Crippen LogP contribution is 2.22. The molecule has 7 nitrogen and oxygen atoms in total. The highest BCUT2D eigenvalue weighted by Gasteiger charge is 2.13. The molecule has 0 aromatic carbocycles. The van der Waals surface area contributed by atoms with Crippen LogP contribution in [0.1, 0.15) is 51.0 Å². The van der Waals surface area contributed by atoms with E-state index in [4.69, 9.17) is 4.52 Å². The Kier molecular flexibility index (Phi) is 5.57. The van der Waals surface area contributed by atoms with E-state index in [2.05, 4.69) is 34.7 Å². The average molecular weight is 305 g/mol. The van der Waals surface area contributed by atoms with Gasteiger partial charge in [-0.1, -0.05) is 19.0 Å². The van der Waals surface area contributed by atoms with Gasteiger partial charge in [0.25, 0.3) is 0 Å². The van der Waals surface area contributed by atoms with Crippen LogP contribution in [0.4, 0.5) is 10.5 Å². The molecule has 0 aliphatic rings. The summed E-state index contributed by atoms with van der Waals surface area (Å²) in [5.41, 5.74) is 1.61. The molecule has 0 radical (unpaired) electrons. The van der Waals surface area contributed by atoms with E-state index in [-0.39, 0.29) is 6.03 Å². The Bertz CT molecular complexity index is 601. The topological polar surface area (TPSA) is 85.0 Å². The maximum atomic E-state index is 11.8. The van der Waals surface area contributed by atoms with E-state index in [0.717, 1.165) is 25.1 Å². The summed E-state index contributed by atoms with van der Waals surface area (Å²) < 4.78 is 7.01. The van der Waals surface area contributed by atoms with E-state index < -0.39 is 0 Å². The van der Waals surface area contributed by atoms with E-state index >= 15 is 0 Å². The van der Waals surface area contributed by atoms with Crippen molar-refractivity contribution in [2.75, 3.05) is 5.32 Å². The number of aryl methyl sites for hydroxylation is 1. The molecule has 2 amide bonds. The minimum atomic E-state index is -0.295. The van der Waals surface area contributed by atoms with E-state index in [9.17, 15) is 4.79 Å². The van der Waals surface area contributed by atoms with Gasteiger partial charge in [-0.15, -0.1) is 0 Å². The van der Waals surface area contributed by atoms with Crippen molar-refractivity contribution >= 4 is 11.7 Å². The molecule has 0 fully saturated rings. The van der Waals surface area contributed by atoms with Gasteiger partial charge in [-0.05, 0) is 19.8 Å². The Labute approximate surface area is 130 Å². The first-order chi connectivity index (χ1) is 10.7. The number of hydrogen-bond donors (Lipinski definition) is 2. The van der Waals surface area contributed by atoms with E-state index in [0.29, 0.717) is 23.9 Å². The van der Waals surface area contributed by atoms with E-state index in [1.165, 1.54) is 0 Å². The summed E-state index contributed by atoms with van der Waals surface area (Å²) in [5.74, 6) is 1.06. The molecule has 0 unspecified atom stereocenters. The Hall–Kier alpha value is -2.31. The van der Waals surface area contributed by atoms with Crippen molar-refractivity contribution in [3.05, 3.63) is 29.9 Å². The van der Waals surface area contributed by atoms with Crippen LogP contribution in [-0.2, 0) is 13.1 Å². The summed E-state index contributed by atoms with van der Waals surface area (Å²) in [7, 11) is 0. The first kappa shape index (κ1) is 16.1. The van der Waals surface area contributed by atoms with Crippen LogP contribution in [0.25, 0.3) is 0 Å². The van der Waals surface area contributed by atoms with Gasteiger partial charge in [0.2, 0.25) is 0 Å². The summed E-state index contributed by atoms with van der Waals surface area (Å²) in [6.45, 7) is 7.31. The number of urea groups is 1. The molecule has 0 atom stereocenters. The van der Waals surface area contributed by atoms with Crippen molar-refractivity contribution in [2.24, 2.45) is 0 Å². The molecule has 0 aliphatic carbocycles. The van der Waals surface area contributed by atoms with Crippen LogP contribution >= 0.6 is 0 Å². The predicted octanol–water partition coefficient (Wildman–Crippen LogP) is 3.12. The Morgan fingerprint density at radius 2 is 2.14 bits per heavy atom. The second kappa shape index (κ2) is 7.63. The number of carbonyl (C=O) groups is 1. The lowest BCUT2D eigenvalue weighted by Gasteiger charge is -2.06. The molecule has 7 heteroatoms. The third-order valence-electron chi connectivity index (χ3n) is 3.62. The summed E-state index contributed by atoms with van der Waals surface area (Å²) in [6.07, 6.45) is 5.44. The molecule has 22 heavy (non-hydrogen) atoms. The highest BCUT2D eigenvalue weighted by molar-refractivity contribution is 5.88. The van der Waals surface area contributed by atoms with Crippen LogP contribution in [0.5, 0.6) is 0 Å². The first-order valence-corrected chi connectivity index (χ1v) is 7.69. The van der Waals surface area contributed by atoms with Gasteiger partial charge >= 0.3 is 6.03 Å². The number of nitrogens with zero attached hydrogens (tertiary/aromatic N) is 3. The number of amides is 2. The zero-order valence-electron chi connectivity index (χ0n) is 13.3. The molecule has 2 rings (SSSR count). The van der Waals surface area contributed by atoms with Crippen LogP contribution < -0.4 is 10.6 Å². The lowest BCUT2D eigenvalue weighted by Crippen LogP contribution is -2.27. The van der Waals surface area contributed by atoms with Crippen LogP contribution in [0, 0.1) is 0 Å². The average Bonchev–Trinajstić information content (AvgIpc) is 3.16. The lowest BCUT2D eigenvalue weighted by molar-refractivity contribution is 0.250. The SMILES string of the molecule is CCC(CC)c1cc(CNC(=O)Nc2cnn(CC)c2)on1. The zero-order chi connectivity index (χ0) is 15.9. The van der Waals surface area contributed by atoms with Gasteiger partial charge in [-0.3, -0.25) is 4.68 Å². The van der Waals surface area contributed by atoms with Crippen molar-refractivity contribution in [1.29, 1.82) is 0 Å². The maximum absolute atomic E-state index is 11.8. The summed E-state index contributed by atoms with van der Waals surface area (Å²) >= 11 is 0. The maximum Gasteiger partial charge on any atom is 0.319 e. The van der Waals surface area contributed by atoms with Crippen molar-refractivity contribution in [3.63, 3.8) is 0 Å². The molecule has 0 aliphatic heterocycles. The number of aromatic nitrogens is 3. The van der Waals surface area contributed by atoms with Gasteiger partial charge in [-0.2, -0.15) is 5.10 Å². The molecule has 2 aromatic rings. The summed E-state index contributed by atoms with van der Waals surface area (Å²) in [5, 5.41) is 13.6. The molecule has 120 valence electrons. The third-order valence-corrected chi connectivity index (χ3v) is 3.62. The van der Waals surface area contributed by atoms with E-state index in [1.54, 1.807) is 17.1 Å². The smallest absolute Gasteiger partial charge is 0.319 e. The van der Waals surface area contributed by atoms with Gasteiger partial charge in [0.1, 0.15) is 0 Å². The normalized spacial score (nSPS) is 10.9. The Morgan fingerprint density at radius 1 is 1.36 bits per heavy atom. The minimum Gasteiger partial charge on any atom is -0.359 e. The zero-order valence-corrected chi connectivity index (χ0v) is 13.3. The molecule has 0 saturated heterocycles. The lowest BCUT2D eigenvalue weighted by atomic mass is 9.99. The summed E-state index contributed by atoms with van der Waals surface area (Å²) in [6, 6.07) is 1.61. The molecule has 2 aromatic heterocycles. The molecule has 0 spiro atoms. The monoisotopic (exact) mass is 305 g/mol. The highest BCUT2D eigenvalue weighted by atomic mass is 16.5.